The third-order valence-corrected chi connectivity index (χ3v) is 2.38. The Hall–Kier alpha value is -0.250. The fraction of sp³-hybridized carbons (Fsp3) is 0. The fourth-order valence-electron chi connectivity index (χ4n) is 0.247. The minimum absolute atomic E-state index is 0.0458. The van der Waals surface area contributed by atoms with Crippen LogP contribution in [0.2, 0.25) is 0 Å². The van der Waals surface area contributed by atoms with Gasteiger partial charge in [0.25, 0.3) is 0 Å². The van der Waals surface area contributed by atoms with Crippen molar-refractivity contribution in [3.63, 3.8) is 0 Å². The van der Waals surface area contributed by atoms with E-state index in [2.05, 4.69) is 21.4 Å². The molecule has 0 aromatic heterocycles. The van der Waals surface area contributed by atoms with Crippen molar-refractivity contribution < 1.29 is 0 Å². The summed E-state index contributed by atoms with van der Waals surface area (Å²) in [5, 5.41) is 0. The van der Waals surface area contributed by atoms with Crippen molar-refractivity contribution >= 4 is 20.9 Å². The van der Waals surface area contributed by atoms with Gasteiger partial charge in [-0.2, -0.15) is 0 Å². The Morgan fingerprint density at radius 1 is 0.889 bits per heavy atom. The first kappa shape index (κ1) is 8.75. The van der Waals surface area contributed by atoms with Gasteiger partial charge in [-0.1, -0.05) is 0 Å². The second kappa shape index (κ2) is 7.75. The van der Waals surface area contributed by atoms with Crippen LogP contribution in [-0.2, 0) is 0 Å². The molecule has 0 heterocycles. The second-order valence-electron chi connectivity index (χ2n) is 1.26. The van der Waals surface area contributed by atoms with Crippen molar-refractivity contribution in [3.05, 3.63) is 45.7 Å². The molecule has 0 aliphatic rings. The van der Waals surface area contributed by atoms with E-state index in [1.807, 2.05) is 12.2 Å². The Kier molecular flexibility index (Phi) is 7.53. The second-order valence-corrected chi connectivity index (χ2v) is 3.59. The molecular weight excluding hydrogens is 224 g/mol. The van der Waals surface area contributed by atoms with Gasteiger partial charge in [-0.25, -0.2) is 0 Å². The normalized spacial score (nSPS) is 10.7. The van der Waals surface area contributed by atoms with Crippen molar-refractivity contribution in [3.8, 4) is 0 Å². The van der Waals surface area contributed by atoms with Gasteiger partial charge in [-0.3, -0.25) is 0 Å². The predicted molar refractivity (Wildman–Crippen MR) is 44.4 cm³/mol. The summed E-state index contributed by atoms with van der Waals surface area (Å²) in [6, 6.07) is 0. The topological polar surface area (TPSA) is 0 Å². The molecule has 0 nitrogen and oxygen atoms in total. The zero-order valence-electron chi connectivity index (χ0n) is 5.29. The average molecular weight is 234 g/mol. The number of rotatable bonds is 4. The van der Waals surface area contributed by atoms with Crippen LogP contribution in [0.15, 0.2) is 45.7 Å². The molecule has 0 aliphatic carbocycles. The summed E-state index contributed by atoms with van der Waals surface area (Å²) in [6.07, 6.45) is 7.56. The summed E-state index contributed by atoms with van der Waals surface area (Å²) >= 11 is -0.0458. The Morgan fingerprint density at radius 3 is 1.67 bits per heavy atom. The van der Waals surface area contributed by atoms with Crippen molar-refractivity contribution in [2.75, 3.05) is 0 Å². The van der Waals surface area contributed by atoms with Crippen molar-refractivity contribution in [2.45, 2.75) is 0 Å². The first-order valence-corrected chi connectivity index (χ1v) is 5.31. The van der Waals surface area contributed by atoms with Gasteiger partial charge < -0.3 is 0 Å². The molecule has 48 valence electrons. The van der Waals surface area contributed by atoms with Crippen LogP contribution in [0.5, 0.6) is 0 Å². The molecule has 0 fully saturated rings. The monoisotopic (exact) mass is 236 g/mol. The zero-order chi connectivity index (χ0) is 6.95. The van der Waals surface area contributed by atoms with E-state index in [1.165, 1.54) is 0 Å². The molecule has 0 saturated heterocycles. The summed E-state index contributed by atoms with van der Waals surface area (Å²) in [6.45, 7) is 7.14. The van der Waals surface area contributed by atoms with E-state index in [0.29, 0.717) is 0 Å². The van der Waals surface area contributed by atoms with Crippen LogP contribution < -0.4 is 0 Å². The van der Waals surface area contributed by atoms with Crippen molar-refractivity contribution in [2.24, 2.45) is 0 Å². The molecule has 1 heteroatoms. The van der Waals surface area contributed by atoms with Crippen LogP contribution in [0.25, 0.3) is 0 Å². The van der Waals surface area contributed by atoms with Crippen LogP contribution in [0.4, 0.5) is 0 Å². The number of hydrogen-bond donors (Lipinski definition) is 0. The van der Waals surface area contributed by atoms with E-state index in [9.17, 15) is 0 Å². The van der Waals surface area contributed by atoms with Gasteiger partial charge in [-0.05, 0) is 0 Å². The molecule has 9 heavy (non-hydrogen) atoms. The third kappa shape index (κ3) is 7.75. The molecule has 0 radical (unpaired) electrons. The molecule has 0 bridgehead atoms. The summed E-state index contributed by atoms with van der Waals surface area (Å²) < 4.78 is 4.33. The summed E-state index contributed by atoms with van der Waals surface area (Å²) in [7, 11) is 0. The summed E-state index contributed by atoms with van der Waals surface area (Å²) in [5.41, 5.74) is 0. The molecule has 0 rings (SSSR count). The van der Waals surface area contributed by atoms with E-state index in [4.69, 9.17) is 0 Å². The predicted octanol–water partition coefficient (Wildman–Crippen LogP) is 2.09. The van der Waals surface area contributed by atoms with Crippen LogP contribution in [0.3, 0.4) is 0 Å². The molecule has 0 N–H and O–H groups in total. The zero-order valence-corrected chi connectivity index (χ0v) is 7.62. The number of allylic oxidation sites excluding steroid dienone is 4. The number of hydrogen-bond acceptors (Lipinski definition) is 0. The van der Waals surface area contributed by atoms with E-state index in [1.54, 1.807) is 12.2 Å². The van der Waals surface area contributed by atoms with Gasteiger partial charge >= 0.3 is 66.6 Å². The average Bonchev–Trinajstić information content (AvgIpc) is 1.89. The van der Waals surface area contributed by atoms with Crippen molar-refractivity contribution in [1.82, 2.24) is 0 Å². The molecule has 0 amide bonds. The Morgan fingerprint density at radius 2 is 1.33 bits per heavy atom. The standard InChI is InChI=1S/C8H10Te/c1-3-5-7-9-8-6-4-2/h3-8H,1-2H2/b7-5+,8-6+. The van der Waals surface area contributed by atoms with Gasteiger partial charge in [0.1, 0.15) is 0 Å². The molecule has 0 atom stereocenters. The molecule has 0 spiro atoms. The van der Waals surface area contributed by atoms with E-state index in [-0.39, 0.29) is 20.9 Å². The van der Waals surface area contributed by atoms with Crippen LogP contribution >= 0.6 is 0 Å². The Labute approximate surface area is 66.7 Å². The molecule has 0 saturated carbocycles. The van der Waals surface area contributed by atoms with Crippen LogP contribution in [0, 0.1) is 0 Å². The quantitative estimate of drug-likeness (QED) is 0.515. The molecule has 0 unspecified atom stereocenters. The maximum absolute atomic E-state index is 3.57. The minimum atomic E-state index is -0.0458. The van der Waals surface area contributed by atoms with E-state index < -0.39 is 0 Å². The van der Waals surface area contributed by atoms with Crippen LogP contribution in [0.1, 0.15) is 0 Å². The SMILES string of the molecule is C=C/C=C/[Te]/C=C/C=C. The van der Waals surface area contributed by atoms with Gasteiger partial charge in [0, 0.05) is 0 Å². The molecule has 0 aliphatic heterocycles. The van der Waals surface area contributed by atoms with E-state index in [0.717, 1.165) is 0 Å². The molecular formula is C8H10Te. The van der Waals surface area contributed by atoms with Gasteiger partial charge in [0.05, 0.1) is 0 Å². The Bertz CT molecular complexity index is 116. The summed E-state index contributed by atoms with van der Waals surface area (Å²) in [5.74, 6) is 0. The third-order valence-electron chi connectivity index (χ3n) is 0.586. The van der Waals surface area contributed by atoms with Gasteiger partial charge in [0.15, 0.2) is 0 Å². The van der Waals surface area contributed by atoms with Crippen molar-refractivity contribution in [1.29, 1.82) is 0 Å². The Balaban J connectivity index is 3.27. The maximum atomic E-state index is 3.57. The van der Waals surface area contributed by atoms with Crippen LogP contribution in [-0.4, -0.2) is 20.9 Å². The van der Waals surface area contributed by atoms with Gasteiger partial charge in [0.2, 0.25) is 0 Å². The first-order valence-electron chi connectivity index (χ1n) is 2.62. The molecule has 0 aromatic carbocycles. The molecule has 0 aromatic rings. The fourth-order valence-corrected chi connectivity index (χ4v) is 1.66. The van der Waals surface area contributed by atoms with E-state index >= 15 is 0 Å². The first-order chi connectivity index (χ1) is 4.41. The summed E-state index contributed by atoms with van der Waals surface area (Å²) in [4.78, 5) is 0. The van der Waals surface area contributed by atoms with Gasteiger partial charge in [-0.15, -0.1) is 0 Å².